The number of rotatable bonds is 2. The van der Waals surface area contributed by atoms with Crippen molar-refractivity contribution < 1.29 is 0 Å². The molecular weight excluding hydrogens is 262 g/mol. The van der Waals surface area contributed by atoms with Gasteiger partial charge in [0.15, 0.2) is 0 Å². The number of hydrogen-bond acceptors (Lipinski definition) is 3. The van der Waals surface area contributed by atoms with E-state index in [2.05, 4.69) is 9.97 Å². The molecule has 0 aliphatic heterocycles. The Hall–Kier alpha value is -2.75. The maximum atomic E-state index is 12.4. The van der Waals surface area contributed by atoms with Gasteiger partial charge in [-0.3, -0.25) is 19.3 Å². The Morgan fingerprint density at radius 2 is 1.76 bits per heavy atom. The summed E-state index contributed by atoms with van der Waals surface area (Å²) in [5.41, 5.74) is 4.07. The molecule has 3 aromatic rings. The number of aromatic nitrogens is 3. The summed E-state index contributed by atoms with van der Waals surface area (Å²) in [6.07, 6.45) is 5.22. The number of aryl methyl sites for hydroxylation is 1. The Balaban J connectivity index is 2.13. The Kier molecular flexibility index (Phi) is 3.36. The van der Waals surface area contributed by atoms with Crippen molar-refractivity contribution in [2.75, 3.05) is 0 Å². The molecule has 0 aromatic carbocycles. The minimum atomic E-state index is -0.00632. The van der Waals surface area contributed by atoms with Gasteiger partial charge in [-0.05, 0) is 49.7 Å². The van der Waals surface area contributed by atoms with Crippen molar-refractivity contribution in [1.29, 1.82) is 0 Å². The molecule has 0 bridgehead atoms. The molecule has 0 radical (unpaired) electrons. The minimum Gasteiger partial charge on any atom is -0.284 e. The van der Waals surface area contributed by atoms with Crippen LogP contribution in [0.2, 0.25) is 0 Å². The third-order valence-electron chi connectivity index (χ3n) is 3.55. The summed E-state index contributed by atoms with van der Waals surface area (Å²) >= 11 is 0. The second kappa shape index (κ2) is 5.32. The SMILES string of the molecule is Cc1ccn(-c2ccnc(-c3ccccn3)c2)c(=O)c1C. The normalized spacial score (nSPS) is 10.6. The second-order valence-corrected chi connectivity index (χ2v) is 4.91. The third-order valence-corrected chi connectivity index (χ3v) is 3.55. The highest BCUT2D eigenvalue weighted by Crippen LogP contribution is 2.16. The van der Waals surface area contributed by atoms with Crippen molar-refractivity contribution in [3.8, 4) is 17.1 Å². The van der Waals surface area contributed by atoms with Gasteiger partial charge in [0.2, 0.25) is 0 Å². The first-order valence-corrected chi connectivity index (χ1v) is 6.73. The Bertz CT molecular complexity index is 838. The van der Waals surface area contributed by atoms with E-state index in [1.165, 1.54) is 0 Å². The van der Waals surface area contributed by atoms with Crippen LogP contribution in [0.1, 0.15) is 11.1 Å². The topological polar surface area (TPSA) is 47.8 Å². The molecule has 0 aliphatic carbocycles. The van der Waals surface area contributed by atoms with Gasteiger partial charge in [-0.15, -0.1) is 0 Å². The van der Waals surface area contributed by atoms with E-state index < -0.39 is 0 Å². The lowest BCUT2D eigenvalue weighted by Gasteiger charge is -2.09. The maximum absolute atomic E-state index is 12.4. The van der Waals surface area contributed by atoms with Crippen molar-refractivity contribution >= 4 is 0 Å². The molecular formula is C17H15N3O. The molecule has 4 heteroatoms. The van der Waals surface area contributed by atoms with Crippen molar-refractivity contribution in [2.45, 2.75) is 13.8 Å². The van der Waals surface area contributed by atoms with Gasteiger partial charge >= 0.3 is 0 Å². The molecule has 3 heterocycles. The predicted molar refractivity (Wildman–Crippen MR) is 82.5 cm³/mol. The van der Waals surface area contributed by atoms with Crippen LogP contribution in [0.5, 0.6) is 0 Å². The maximum Gasteiger partial charge on any atom is 0.258 e. The van der Waals surface area contributed by atoms with Crippen molar-refractivity contribution in [3.63, 3.8) is 0 Å². The Labute approximate surface area is 122 Å². The van der Waals surface area contributed by atoms with Gasteiger partial charge in [0.1, 0.15) is 0 Å². The molecule has 0 saturated carbocycles. The molecule has 104 valence electrons. The van der Waals surface area contributed by atoms with Crippen LogP contribution in [0.15, 0.2) is 59.8 Å². The van der Waals surface area contributed by atoms with E-state index in [-0.39, 0.29) is 5.56 Å². The summed E-state index contributed by atoms with van der Waals surface area (Å²) in [4.78, 5) is 21.0. The highest BCUT2D eigenvalue weighted by Gasteiger charge is 2.07. The molecule has 0 saturated heterocycles. The van der Waals surface area contributed by atoms with Gasteiger partial charge in [0, 0.05) is 24.2 Å². The first kappa shape index (κ1) is 13.2. The summed E-state index contributed by atoms with van der Waals surface area (Å²) in [6, 6.07) is 11.3. The summed E-state index contributed by atoms with van der Waals surface area (Å²) in [7, 11) is 0. The van der Waals surface area contributed by atoms with E-state index in [1.807, 2.05) is 50.2 Å². The average molecular weight is 277 g/mol. The standard InChI is InChI=1S/C17H15N3O/c1-12-7-10-20(17(21)13(12)2)14-6-9-19-16(11-14)15-5-3-4-8-18-15/h3-11H,1-2H3. The zero-order valence-corrected chi connectivity index (χ0v) is 11.9. The fraction of sp³-hybridized carbons (Fsp3) is 0.118. The molecule has 0 N–H and O–H groups in total. The highest BCUT2D eigenvalue weighted by molar-refractivity contribution is 5.57. The van der Waals surface area contributed by atoms with Crippen LogP contribution in [0.4, 0.5) is 0 Å². The smallest absolute Gasteiger partial charge is 0.258 e. The van der Waals surface area contributed by atoms with Gasteiger partial charge in [0.05, 0.1) is 17.1 Å². The molecule has 0 amide bonds. The van der Waals surface area contributed by atoms with Crippen molar-refractivity contribution in [2.24, 2.45) is 0 Å². The van der Waals surface area contributed by atoms with Gasteiger partial charge < -0.3 is 0 Å². The molecule has 21 heavy (non-hydrogen) atoms. The summed E-state index contributed by atoms with van der Waals surface area (Å²) < 4.78 is 1.64. The fourth-order valence-electron chi connectivity index (χ4n) is 2.16. The first-order valence-electron chi connectivity index (χ1n) is 6.73. The van der Waals surface area contributed by atoms with Crippen LogP contribution in [0, 0.1) is 13.8 Å². The summed E-state index contributed by atoms with van der Waals surface area (Å²) in [5.74, 6) is 0. The lowest BCUT2D eigenvalue weighted by molar-refractivity contribution is 0.955. The van der Waals surface area contributed by atoms with E-state index in [0.717, 1.165) is 28.2 Å². The lowest BCUT2D eigenvalue weighted by atomic mass is 10.1. The zero-order valence-electron chi connectivity index (χ0n) is 11.9. The zero-order chi connectivity index (χ0) is 14.8. The molecule has 4 nitrogen and oxygen atoms in total. The van der Waals surface area contributed by atoms with Crippen LogP contribution in [0.25, 0.3) is 17.1 Å². The second-order valence-electron chi connectivity index (χ2n) is 4.91. The molecule has 0 fully saturated rings. The highest BCUT2D eigenvalue weighted by atomic mass is 16.1. The van der Waals surface area contributed by atoms with E-state index in [0.29, 0.717) is 0 Å². The van der Waals surface area contributed by atoms with Gasteiger partial charge in [-0.1, -0.05) is 6.07 Å². The van der Waals surface area contributed by atoms with Crippen LogP contribution >= 0.6 is 0 Å². The lowest BCUT2D eigenvalue weighted by Crippen LogP contribution is -2.20. The fourth-order valence-corrected chi connectivity index (χ4v) is 2.16. The van der Waals surface area contributed by atoms with Crippen molar-refractivity contribution in [3.05, 3.63) is 76.5 Å². The predicted octanol–water partition coefficient (Wildman–Crippen LogP) is 2.91. The summed E-state index contributed by atoms with van der Waals surface area (Å²) in [6.45, 7) is 3.78. The molecule has 3 aromatic heterocycles. The first-order chi connectivity index (χ1) is 10.2. The van der Waals surface area contributed by atoms with Crippen LogP contribution < -0.4 is 5.56 Å². The quantitative estimate of drug-likeness (QED) is 0.723. The average Bonchev–Trinajstić information content (AvgIpc) is 2.54. The van der Waals surface area contributed by atoms with Gasteiger partial charge in [-0.2, -0.15) is 0 Å². The summed E-state index contributed by atoms with van der Waals surface area (Å²) in [5, 5.41) is 0. The Morgan fingerprint density at radius 3 is 2.52 bits per heavy atom. The van der Waals surface area contributed by atoms with Gasteiger partial charge in [-0.25, -0.2) is 0 Å². The molecule has 0 atom stereocenters. The molecule has 0 aliphatic rings. The number of pyridine rings is 3. The van der Waals surface area contributed by atoms with E-state index >= 15 is 0 Å². The number of nitrogens with zero attached hydrogens (tertiary/aromatic N) is 3. The van der Waals surface area contributed by atoms with E-state index in [9.17, 15) is 4.79 Å². The van der Waals surface area contributed by atoms with E-state index in [4.69, 9.17) is 0 Å². The van der Waals surface area contributed by atoms with Crippen molar-refractivity contribution in [1.82, 2.24) is 14.5 Å². The molecule has 3 rings (SSSR count). The third kappa shape index (κ3) is 2.48. The molecule has 0 spiro atoms. The number of hydrogen-bond donors (Lipinski definition) is 0. The molecule has 0 unspecified atom stereocenters. The van der Waals surface area contributed by atoms with E-state index in [1.54, 1.807) is 23.2 Å². The van der Waals surface area contributed by atoms with Crippen LogP contribution in [0.3, 0.4) is 0 Å². The van der Waals surface area contributed by atoms with Crippen LogP contribution in [-0.4, -0.2) is 14.5 Å². The van der Waals surface area contributed by atoms with Crippen LogP contribution in [-0.2, 0) is 0 Å². The Morgan fingerprint density at radius 1 is 0.952 bits per heavy atom. The monoisotopic (exact) mass is 277 g/mol. The largest absolute Gasteiger partial charge is 0.284 e. The van der Waals surface area contributed by atoms with Gasteiger partial charge in [0.25, 0.3) is 5.56 Å². The minimum absolute atomic E-state index is 0.00632.